The number of aromatic nitrogens is 4. The van der Waals surface area contributed by atoms with Crippen molar-refractivity contribution < 1.29 is 4.79 Å². The fourth-order valence-corrected chi connectivity index (χ4v) is 2.66. The minimum Gasteiger partial charge on any atom is -0.351 e. The third-order valence-corrected chi connectivity index (χ3v) is 3.74. The van der Waals surface area contributed by atoms with E-state index in [2.05, 4.69) is 22.2 Å². The number of amides is 1. The quantitative estimate of drug-likeness (QED) is 0.681. The van der Waals surface area contributed by atoms with E-state index in [9.17, 15) is 4.79 Å². The second kappa shape index (κ2) is 7.09. The molecule has 6 heteroatoms. The molecule has 0 radical (unpaired) electrons. The molecule has 1 N–H and O–H groups in total. The van der Waals surface area contributed by atoms with Crippen LogP contribution in [0.5, 0.6) is 0 Å². The van der Waals surface area contributed by atoms with E-state index in [0.29, 0.717) is 12.2 Å². The SMILES string of the molecule is CCCc1nc2ccccn2c1C(=O)NCCCn1ccnc1. The number of fused-ring (bicyclic) bond motifs is 1. The molecule has 0 aliphatic heterocycles. The second-order valence-electron chi connectivity index (χ2n) is 5.50. The van der Waals surface area contributed by atoms with Gasteiger partial charge in [-0.15, -0.1) is 0 Å². The lowest BCUT2D eigenvalue weighted by atomic mass is 10.2. The minimum absolute atomic E-state index is 0.0576. The molecule has 0 bridgehead atoms. The number of pyridine rings is 1. The van der Waals surface area contributed by atoms with Gasteiger partial charge in [0.25, 0.3) is 5.91 Å². The van der Waals surface area contributed by atoms with Crippen molar-refractivity contribution in [2.45, 2.75) is 32.7 Å². The van der Waals surface area contributed by atoms with E-state index < -0.39 is 0 Å². The summed E-state index contributed by atoms with van der Waals surface area (Å²) in [5.41, 5.74) is 2.34. The summed E-state index contributed by atoms with van der Waals surface area (Å²) >= 11 is 0. The fourth-order valence-electron chi connectivity index (χ4n) is 2.66. The van der Waals surface area contributed by atoms with E-state index in [1.54, 1.807) is 12.5 Å². The summed E-state index contributed by atoms with van der Waals surface area (Å²) in [6, 6.07) is 5.78. The largest absolute Gasteiger partial charge is 0.351 e. The minimum atomic E-state index is -0.0576. The molecule has 23 heavy (non-hydrogen) atoms. The summed E-state index contributed by atoms with van der Waals surface area (Å²) in [7, 11) is 0. The number of rotatable bonds is 7. The third-order valence-electron chi connectivity index (χ3n) is 3.74. The zero-order valence-electron chi connectivity index (χ0n) is 13.3. The van der Waals surface area contributed by atoms with E-state index in [1.807, 2.05) is 39.6 Å². The topological polar surface area (TPSA) is 64.2 Å². The number of carbonyl (C=O) groups excluding carboxylic acids is 1. The zero-order chi connectivity index (χ0) is 16.1. The Bertz CT molecular complexity index is 775. The summed E-state index contributed by atoms with van der Waals surface area (Å²) in [6.45, 7) is 3.56. The first kappa shape index (κ1) is 15.3. The number of nitrogens with one attached hydrogen (secondary N) is 1. The lowest BCUT2D eigenvalue weighted by molar-refractivity contribution is 0.0946. The zero-order valence-corrected chi connectivity index (χ0v) is 13.3. The molecule has 1 amide bonds. The van der Waals surface area contributed by atoms with Gasteiger partial charge in [-0.2, -0.15) is 0 Å². The second-order valence-corrected chi connectivity index (χ2v) is 5.50. The molecule has 0 spiro atoms. The molecule has 0 saturated carbocycles. The van der Waals surface area contributed by atoms with Gasteiger partial charge in [0.2, 0.25) is 0 Å². The van der Waals surface area contributed by atoms with Crippen LogP contribution in [0.3, 0.4) is 0 Å². The Labute approximate surface area is 135 Å². The van der Waals surface area contributed by atoms with Crippen LogP contribution in [-0.4, -0.2) is 31.4 Å². The van der Waals surface area contributed by atoms with Crippen molar-refractivity contribution in [3.63, 3.8) is 0 Å². The predicted octanol–water partition coefficient (Wildman–Crippen LogP) is 2.30. The molecule has 120 valence electrons. The van der Waals surface area contributed by atoms with E-state index in [4.69, 9.17) is 0 Å². The Morgan fingerprint density at radius 3 is 3.00 bits per heavy atom. The van der Waals surface area contributed by atoms with Crippen molar-refractivity contribution in [2.24, 2.45) is 0 Å². The van der Waals surface area contributed by atoms with Crippen LogP contribution in [0, 0.1) is 0 Å². The van der Waals surface area contributed by atoms with Crippen LogP contribution < -0.4 is 5.32 Å². The van der Waals surface area contributed by atoms with Gasteiger partial charge in [0.15, 0.2) is 0 Å². The molecule has 0 aliphatic carbocycles. The van der Waals surface area contributed by atoms with Gasteiger partial charge in [-0.05, 0) is 25.0 Å². The summed E-state index contributed by atoms with van der Waals surface area (Å²) in [5.74, 6) is -0.0576. The number of imidazole rings is 2. The first-order chi connectivity index (χ1) is 11.3. The van der Waals surface area contributed by atoms with Gasteiger partial charge in [0.05, 0.1) is 12.0 Å². The first-order valence-electron chi connectivity index (χ1n) is 7.99. The predicted molar refractivity (Wildman–Crippen MR) is 88.4 cm³/mol. The molecule has 3 heterocycles. The molecule has 3 aromatic rings. The molecular weight excluding hydrogens is 290 g/mol. The van der Waals surface area contributed by atoms with Crippen molar-refractivity contribution in [3.8, 4) is 0 Å². The van der Waals surface area contributed by atoms with Gasteiger partial charge in [0, 0.05) is 31.7 Å². The number of aryl methyl sites for hydroxylation is 2. The highest BCUT2D eigenvalue weighted by Gasteiger charge is 2.17. The van der Waals surface area contributed by atoms with Crippen LogP contribution in [-0.2, 0) is 13.0 Å². The van der Waals surface area contributed by atoms with Crippen molar-refractivity contribution in [3.05, 3.63) is 54.5 Å². The molecule has 0 saturated heterocycles. The van der Waals surface area contributed by atoms with Gasteiger partial charge in [-0.3, -0.25) is 9.20 Å². The van der Waals surface area contributed by atoms with Crippen molar-refractivity contribution in [2.75, 3.05) is 6.54 Å². The van der Waals surface area contributed by atoms with Crippen molar-refractivity contribution in [1.82, 2.24) is 24.3 Å². The van der Waals surface area contributed by atoms with Crippen LogP contribution in [0.4, 0.5) is 0 Å². The maximum Gasteiger partial charge on any atom is 0.270 e. The third kappa shape index (κ3) is 3.41. The summed E-state index contributed by atoms with van der Waals surface area (Å²) in [5, 5.41) is 3.00. The van der Waals surface area contributed by atoms with Crippen LogP contribution in [0.2, 0.25) is 0 Å². The number of hydrogen-bond acceptors (Lipinski definition) is 3. The molecule has 0 aromatic carbocycles. The van der Waals surface area contributed by atoms with Gasteiger partial charge < -0.3 is 9.88 Å². The normalized spacial score (nSPS) is 11.0. The maximum absolute atomic E-state index is 12.6. The highest BCUT2D eigenvalue weighted by atomic mass is 16.1. The first-order valence-corrected chi connectivity index (χ1v) is 7.99. The van der Waals surface area contributed by atoms with Gasteiger partial charge in [-0.1, -0.05) is 19.4 Å². The Morgan fingerprint density at radius 1 is 1.30 bits per heavy atom. The summed E-state index contributed by atoms with van der Waals surface area (Å²) in [4.78, 5) is 21.2. The fraction of sp³-hybridized carbons (Fsp3) is 0.353. The van der Waals surface area contributed by atoms with Gasteiger partial charge in [0.1, 0.15) is 11.3 Å². The monoisotopic (exact) mass is 311 g/mol. The van der Waals surface area contributed by atoms with E-state index in [-0.39, 0.29) is 5.91 Å². The molecular formula is C17H21N5O. The Kier molecular flexibility index (Phi) is 4.71. The maximum atomic E-state index is 12.6. The molecule has 0 unspecified atom stereocenters. The van der Waals surface area contributed by atoms with Crippen LogP contribution in [0.1, 0.15) is 35.9 Å². The standard InChI is InChI=1S/C17H21N5O/c1-2-6-14-16(22-11-4-3-7-15(22)20-14)17(23)19-8-5-10-21-12-9-18-13-21/h3-4,7,9,11-13H,2,5-6,8,10H2,1H3,(H,19,23). The molecule has 0 atom stereocenters. The number of carbonyl (C=O) groups is 1. The Morgan fingerprint density at radius 2 is 2.22 bits per heavy atom. The van der Waals surface area contributed by atoms with Crippen molar-refractivity contribution in [1.29, 1.82) is 0 Å². The lowest BCUT2D eigenvalue weighted by Gasteiger charge is -2.07. The Hall–Kier alpha value is -2.63. The molecule has 0 aliphatic rings. The number of hydrogen-bond donors (Lipinski definition) is 1. The summed E-state index contributed by atoms with van der Waals surface area (Å²) in [6.07, 6.45) is 9.99. The molecule has 3 aromatic heterocycles. The van der Waals surface area contributed by atoms with E-state index >= 15 is 0 Å². The number of nitrogens with zero attached hydrogens (tertiary/aromatic N) is 4. The Balaban J connectivity index is 1.68. The smallest absolute Gasteiger partial charge is 0.270 e. The highest BCUT2D eigenvalue weighted by molar-refractivity contribution is 5.94. The van der Waals surface area contributed by atoms with Crippen LogP contribution in [0.25, 0.3) is 5.65 Å². The van der Waals surface area contributed by atoms with Gasteiger partial charge in [-0.25, -0.2) is 9.97 Å². The lowest BCUT2D eigenvalue weighted by Crippen LogP contribution is -2.27. The average molecular weight is 311 g/mol. The van der Waals surface area contributed by atoms with Crippen LogP contribution in [0.15, 0.2) is 43.1 Å². The highest BCUT2D eigenvalue weighted by Crippen LogP contribution is 2.14. The van der Waals surface area contributed by atoms with Crippen molar-refractivity contribution >= 4 is 11.6 Å². The molecule has 0 fully saturated rings. The summed E-state index contributed by atoms with van der Waals surface area (Å²) < 4.78 is 3.87. The molecule has 3 rings (SSSR count). The van der Waals surface area contributed by atoms with E-state index in [1.165, 1.54) is 0 Å². The van der Waals surface area contributed by atoms with Gasteiger partial charge >= 0.3 is 0 Å². The average Bonchev–Trinajstić information content (AvgIpc) is 3.19. The van der Waals surface area contributed by atoms with Crippen LogP contribution >= 0.6 is 0 Å². The molecule has 6 nitrogen and oxygen atoms in total. The van der Waals surface area contributed by atoms with E-state index in [0.717, 1.165) is 37.1 Å².